The number of alkyl halides is 3. The second-order valence-electron chi connectivity index (χ2n) is 6.07. The van der Waals surface area contributed by atoms with Crippen molar-refractivity contribution in [3.05, 3.63) is 28.8 Å². The van der Waals surface area contributed by atoms with Crippen molar-refractivity contribution in [3.8, 4) is 0 Å². The first-order chi connectivity index (χ1) is 10.3. The predicted octanol–water partition coefficient (Wildman–Crippen LogP) is 4.83. The summed E-state index contributed by atoms with van der Waals surface area (Å²) < 4.78 is 38.5. The summed E-state index contributed by atoms with van der Waals surface area (Å²) in [4.78, 5) is 0. The average molecular weight is 349 g/mol. The maximum Gasteiger partial charge on any atom is 0.417 e. The van der Waals surface area contributed by atoms with E-state index in [0.717, 1.165) is 18.4 Å². The van der Waals surface area contributed by atoms with E-state index in [9.17, 15) is 13.2 Å². The Kier molecular flexibility index (Phi) is 4.25. The van der Waals surface area contributed by atoms with Crippen LogP contribution in [0.3, 0.4) is 0 Å². The van der Waals surface area contributed by atoms with E-state index in [2.05, 4.69) is 10.6 Å². The molecule has 2 bridgehead atoms. The highest BCUT2D eigenvalue weighted by atomic mass is 35.5. The molecule has 0 spiro atoms. The van der Waals surface area contributed by atoms with Gasteiger partial charge in [-0.25, -0.2) is 0 Å². The maximum absolute atomic E-state index is 12.8. The lowest BCUT2D eigenvalue weighted by Crippen LogP contribution is -2.40. The molecule has 0 radical (unpaired) electrons. The van der Waals surface area contributed by atoms with Gasteiger partial charge in [-0.3, -0.25) is 0 Å². The van der Waals surface area contributed by atoms with E-state index >= 15 is 0 Å². The van der Waals surface area contributed by atoms with Gasteiger partial charge in [-0.05, 0) is 61.5 Å². The topological polar surface area (TPSA) is 24.1 Å². The minimum absolute atomic E-state index is 0.289. The Hall–Kier alpha value is -1.01. The number of rotatable bonds is 2. The molecule has 0 aromatic heterocycles. The van der Waals surface area contributed by atoms with Crippen molar-refractivity contribution in [2.75, 3.05) is 5.32 Å². The second kappa shape index (κ2) is 5.89. The molecule has 3 atom stereocenters. The van der Waals surface area contributed by atoms with Crippen LogP contribution in [0.25, 0.3) is 0 Å². The molecule has 2 N–H and O–H groups in total. The third-order valence-corrected chi connectivity index (χ3v) is 5.13. The first-order valence-electron chi connectivity index (χ1n) is 7.27. The molecular formula is C15H16ClF3N2S. The fraction of sp³-hybridized carbons (Fsp3) is 0.533. The lowest BCUT2D eigenvalue weighted by atomic mass is 9.96. The molecule has 0 saturated heterocycles. The first-order valence-corrected chi connectivity index (χ1v) is 8.06. The Bertz CT molecular complexity index is 591. The molecule has 0 heterocycles. The van der Waals surface area contributed by atoms with Gasteiger partial charge < -0.3 is 10.6 Å². The Morgan fingerprint density at radius 2 is 2.00 bits per heavy atom. The first kappa shape index (κ1) is 15.9. The Labute approximate surface area is 137 Å². The highest BCUT2D eigenvalue weighted by molar-refractivity contribution is 7.80. The van der Waals surface area contributed by atoms with E-state index in [1.54, 1.807) is 0 Å². The van der Waals surface area contributed by atoms with Crippen LogP contribution in [0.1, 0.15) is 31.2 Å². The van der Waals surface area contributed by atoms with Crippen LogP contribution < -0.4 is 10.6 Å². The molecule has 2 aliphatic carbocycles. The highest BCUT2D eigenvalue weighted by Gasteiger charge is 2.39. The number of hydrogen-bond donors (Lipinski definition) is 2. The summed E-state index contributed by atoms with van der Waals surface area (Å²) >= 11 is 10.8. The minimum Gasteiger partial charge on any atom is -0.359 e. The molecular weight excluding hydrogens is 333 g/mol. The number of halogens is 4. The van der Waals surface area contributed by atoms with Gasteiger partial charge in [0.15, 0.2) is 5.11 Å². The van der Waals surface area contributed by atoms with Gasteiger partial charge in [0.25, 0.3) is 0 Å². The van der Waals surface area contributed by atoms with Crippen LogP contribution in [0, 0.1) is 11.8 Å². The summed E-state index contributed by atoms with van der Waals surface area (Å²) in [5.74, 6) is 1.42. The Morgan fingerprint density at radius 3 is 2.59 bits per heavy atom. The largest absolute Gasteiger partial charge is 0.417 e. The fourth-order valence-electron chi connectivity index (χ4n) is 3.58. The van der Waals surface area contributed by atoms with Crippen molar-refractivity contribution in [3.63, 3.8) is 0 Å². The summed E-state index contributed by atoms with van der Waals surface area (Å²) in [5.41, 5.74) is -0.570. The van der Waals surface area contributed by atoms with Crippen molar-refractivity contribution in [2.24, 2.45) is 11.8 Å². The minimum atomic E-state index is -4.48. The molecule has 1 aromatic rings. The standard InChI is InChI=1S/C15H16ClF3N2S/c16-12-4-3-10(7-11(12)15(17,18)19)20-14(22)21-13-6-8-1-2-9(13)5-8/h3-4,7-9,13H,1-2,5-6H2,(H2,20,21,22)/t8-,9+,13-/m0/s1. The van der Waals surface area contributed by atoms with Crippen LogP contribution in [0.5, 0.6) is 0 Å². The summed E-state index contributed by atoms with van der Waals surface area (Å²) in [6.07, 6.45) is 0.355. The van der Waals surface area contributed by atoms with Crippen LogP contribution in [0.4, 0.5) is 18.9 Å². The molecule has 2 nitrogen and oxygen atoms in total. The van der Waals surface area contributed by atoms with Crippen molar-refractivity contribution in [2.45, 2.75) is 37.9 Å². The Balaban J connectivity index is 1.64. The molecule has 2 aliphatic rings. The van der Waals surface area contributed by atoms with E-state index in [4.69, 9.17) is 23.8 Å². The van der Waals surface area contributed by atoms with Crippen LogP contribution >= 0.6 is 23.8 Å². The maximum atomic E-state index is 12.8. The van der Waals surface area contributed by atoms with E-state index in [1.165, 1.54) is 31.4 Å². The van der Waals surface area contributed by atoms with Crippen molar-refractivity contribution in [1.82, 2.24) is 5.32 Å². The number of hydrogen-bond acceptors (Lipinski definition) is 1. The van der Waals surface area contributed by atoms with Gasteiger partial charge >= 0.3 is 6.18 Å². The summed E-state index contributed by atoms with van der Waals surface area (Å²) in [5, 5.41) is 6.12. The number of fused-ring (bicyclic) bond motifs is 2. The van der Waals surface area contributed by atoms with Crippen LogP contribution in [-0.2, 0) is 6.18 Å². The van der Waals surface area contributed by atoms with E-state index in [-0.39, 0.29) is 10.7 Å². The molecule has 0 unspecified atom stereocenters. The molecule has 1 aromatic carbocycles. The van der Waals surface area contributed by atoms with Gasteiger partial charge in [0.05, 0.1) is 10.6 Å². The van der Waals surface area contributed by atoms with E-state index in [0.29, 0.717) is 17.1 Å². The summed E-state index contributed by atoms with van der Waals surface area (Å²) in [7, 11) is 0. The number of nitrogens with one attached hydrogen (secondary N) is 2. The van der Waals surface area contributed by atoms with Gasteiger partial charge in [-0.2, -0.15) is 13.2 Å². The molecule has 22 heavy (non-hydrogen) atoms. The molecule has 2 fully saturated rings. The molecule has 0 amide bonds. The molecule has 0 aliphatic heterocycles. The van der Waals surface area contributed by atoms with Crippen LogP contribution in [0.15, 0.2) is 18.2 Å². The van der Waals surface area contributed by atoms with Gasteiger partial charge in [-0.15, -0.1) is 0 Å². The third-order valence-electron chi connectivity index (χ3n) is 4.58. The van der Waals surface area contributed by atoms with Gasteiger partial charge in [-0.1, -0.05) is 18.0 Å². The zero-order valence-electron chi connectivity index (χ0n) is 11.7. The Morgan fingerprint density at radius 1 is 1.23 bits per heavy atom. The lowest BCUT2D eigenvalue weighted by molar-refractivity contribution is -0.137. The summed E-state index contributed by atoms with van der Waals surface area (Å²) in [6.45, 7) is 0. The van der Waals surface area contributed by atoms with Crippen molar-refractivity contribution < 1.29 is 13.2 Å². The smallest absolute Gasteiger partial charge is 0.359 e. The number of benzene rings is 1. The van der Waals surface area contributed by atoms with Crippen molar-refractivity contribution in [1.29, 1.82) is 0 Å². The zero-order valence-corrected chi connectivity index (χ0v) is 13.3. The van der Waals surface area contributed by atoms with Gasteiger partial charge in [0.2, 0.25) is 0 Å². The SMILES string of the molecule is FC(F)(F)c1cc(NC(=S)N[C@H]2C[C@H]3CC[C@@H]2C3)ccc1Cl. The quantitative estimate of drug-likeness (QED) is 0.748. The normalized spacial score (nSPS) is 27.0. The van der Waals surface area contributed by atoms with Crippen molar-refractivity contribution >= 4 is 34.6 Å². The number of thiocarbonyl (C=S) groups is 1. The lowest BCUT2D eigenvalue weighted by Gasteiger charge is -2.24. The zero-order chi connectivity index (χ0) is 15.9. The third kappa shape index (κ3) is 3.33. The number of anilines is 1. The second-order valence-corrected chi connectivity index (χ2v) is 6.89. The van der Waals surface area contributed by atoms with Gasteiger partial charge in [0.1, 0.15) is 0 Å². The predicted molar refractivity (Wildman–Crippen MR) is 85.0 cm³/mol. The monoisotopic (exact) mass is 348 g/mol. The van der Waals surface area contributed by atoms with Crippen LogP contribution in [0.2, 0.25) is 5.02 Å². The summed E-state index contributed by atoms with van der Waals surface area (Å²) in [6, 6.07) is 4.05. The molecule has 2 saturated carbocycles. The van der Waals surface area contributed by atoms with E-state index in [1.807, 2.05) is 0 Å². The highest BCUT2D eigenvalue weighted by Crippen LogP contribution is 2.44. The van der Waals surface area contributed by atoms with E-state index < -0.39 is 11.7 Å². The molecule has 120 valence electrons. The van der Waals surface area contributed by atoms with Crippen LogP contribution in [-0.4, -0.2) is 11.2 Å². The molecule has 7 heteroatoms. The van der Waals surface area contributed by atoms with Gasteiger partial charge in [0, 0.05) is 11.7 Å². The molecule has 3 rings (SSSR count). The average Bonchev–Trinajstić information content (AvgIpc) is 3.02. The fourth-order valence-corrected chi connectivity index (χ4v) is 4.07.